The summed E-state index contributed by atoms with van der Waals surface area (Å²) in [5.41, 5.74) is -0.612. The highest BCUT2D eigenvalue weighted by Crippen LogP contribution is 2.33. The summed E-state index contributed by atoms with van der Waals surface area (Å²) in [5, 5.41) is 0. The molecule has 2 heterocycles. The molecule has 0 unspecified atom stereocenters. The van der Waals surface area contributed by atoms with Crippen LogP contribution in [0.3, 0.4) is 0 Å². The van der Waals surface area contributed by atoms with Gasteiger partial charge in [-0.1, -0.05) is 6.08 Å². The SMILES string of the molecule is COC(=O)C1=C(C(=O)OC)N(c2cc(F)c(N3CCN(C(C)=O)CC3)c(F)c2)C=CC=C1. The number of allylic oxidation sites excluding steroid dienone is 2. The number of anilines is 2. The summed E-state index contributed by atoms with van der Waals surface area (Å²) in [6, 6.07) is 2.15. The van der Waals surface area contributed by atoms with Gasteiger partial charge in [-0.15, -0.1) is 0 Å². The lowest BCUT2D eigenvalue weighted by Gasteiger charge is -2.36. The molecule has 0 aromatic heterocycles. The lowest BCUT2D eigenvalue weighted by Crippen LogP contribution is -2.48. The first-order valence-electron chi connectivity index (χ1n) is 9.83. The standard InChI is InChI=1S/C22H23F2N3O5/c1-14(28)25-8-10-26(11-9-25)20-17(23)12-15(13-18(20)24)27-7-5-4-6-16(21(29)31-2)19(27)22(30)32-3/h4-7,12-13H,8-11H2,1-3H3. The minimum absolute atomic E-state index is 0.0205. The van der Waals surface area contributed by atoms with E-state index in [4.69, 9.17) is 9.47 Å². The molecule has 1 aromatic rings. The second-order valence-electron chi connectivity index (χ2n) is 7.07. The Labute approximate surface area is 184 Å². The number of carbonyl (C=O) groups is 3. The van der Waals surface area contributed by atoms with Crippen LogP contribution in [0.5, 0.6) is 0 Å². The molecule has 8 nitrogen and oxygen atoms in total. The van der Waals surface area contributed by atoms with E-state index in [9.17, 15) is 14.4 Å². The van der Waals surface area contributed by atoms with Crippen molar-refractivity contribution < 1.29 is 32.6 Å². The summed E-state index contributed by atoms with van der Waals surface area (Å²) in [5.74, 6) is -3.47. The average Bonchev–Trinajstić information content (AvgIpc) is 3.01. The third kappa shape index (κ3) is 4.48. The number of nitrogens with zero attached hydrogens (tertiary/aromatic N) is 3. The predicted molar refractivity (Wildman–Crippen MR) is 113 cm³/mol. The van der Waals surface area contributed by atoms with Gasteiger partial charge in [-0.25, -0.2) is 18.4 Å². The van der Waals surface area contributed by atoms with Gasteiger partial charge >= 0.3 is 11.9 Å². The van der Waals surface area contributed by atoms with E-state index in [0.29, 0.717) is 13.1 Å². The molecule has 1 fully saturated rings. The molecule has 1 amide bonds. The monoisotopic (exact) mass is 447 g/mol. The topological polar surface area (TPSA) is 79.4 Å². The third-order valence-corrected chi connectivity index (χ3v) is 5.21. The van der Waals surface area contributed by atoms with Gasteiger partial charge in [0.05, 0.1) is 25.5 Å². The molecule has 0 bridgehead atoms. The van der Waals surface area contributed by atoms with Gasteiger partial charge in [-0.2, -0.15) is 0 Å². The van der Waals surface area contributed by atoms with Gasteiger partial charge in [-0.05, 0) is 12.2 Å². The van der Waals surface area contributed by atoms with Crippen LogP contribution in [-0.4, -0.2) is 63.1 Å². The van der Waals surface area contributed by atoms with Gasteiger partial charge in [0.1, 0.15) is 11.4 Å². The molecule has 0 N–H and O–H groups in total. The lowest BCUT2D eigenvalue weighted by molar-refractivity contribution is -0.139. The maximum Gasteiger partial charge on any atom is 0.355 e. The molecule has 3 rings (SSSR count). The number of piperazine rings is 1. The van der Waals surface area contributed by atoms with Gasteiger partial charge in [0.15, 0.2) is 11.6 Å². The van der Waals surface area contributed by atoms with Crippen molar-refractivity contribution >= 4 is 29.2 Å². The summed E-state index contributed by atoms with van der Waals surface area (Å²) in [6.07, 6.45) is 5.73. The molecule has 2 aliphatic heterocycles. The number of amides is 1. The number of methoxy groups -OCH3 is 2. The Morgan fingerprint density at radius 1 is 0.906 bits per heavy atom. The van der Waals surface area contributed by atoms with Crippen LogP contribution in [0.1, 0.15) is 6.92 Å². The molecule has 0 radical (unpaired) electrons. The van der Waals surface area contributed by atoms with E-state index in [1.165, 1.54) is 41.2 Å². The number of carbonyl (C=O) groups excluding carboxylic acids is 3. The number of halogens is 2. The quantitative estimate of drug-likeness (QED) is 0.655. The molecular weight excluding hydrogens is 424 g/mol. The van der Waals surface area contributed by atoms with Crippen LogP contribution in [-0.2, 0) is 23.9 Å². The minimum atomic E-state index is -0.883. The fourth-order valence-electron chi connectivity index (χ4n) is 3.60. The van der Waals surface area contributed by atoms with Crippen LogP contribution in [0, 0.1) is 11.6 Å². The Morgan fingerprint density at radius 2 is 1.50 bits per heavy atom. The Bertz CT molecular complexity index is 1000. The number of esters is 2. The van der Waals surface area contributed by atoms with Crippen LogP contribution < -0.4 is 9.80 Å². The predicted octanol–water partition coefficient (Wildman–Crippen LogP) is 2.12. The molecule has 0 atom stereocenters. The van der Waals surface area contributed by atoms with Crippen molar-refractivity contribution in [1.82, 2.24) is 4.90 Å². The van der Waals surface area contributed by atoms with Crippen molar-refractivity contribution in [3.63, 3.8) is 0 Å². The first-order chi connectivity index (χ1) is 15.3. The largest absolute Gasteiger partial charge is 0.465 e. The van der Waals surface area contributed by atoms with E-state index >= 15 is 8.78 Å². The molecule has 1 aromatic carbocycles. The number of benzene rings is 1. The van der Waals surface area contributed by atoms with Crippen molar-refractivity contribution in [1.29, 1.82) is 0 Å². The normalized spacial score (nSPS) is 16.2. The zero-order valence-corrected chi connectivity index (χ0v) is 17.9. The van der Waals surface area contributed by atoms with E-state index < -0.39 is 23.6 Å². The van der Waals surface area contributed by atoms with Crippen LogP contribution in [0.4, 0.5) is 20.2 Å². The zero-order valence-electron chi connectivity index (χ0n) is 17.9. The Morgan fingerprint density at radius 3 is 2.03 bits per heavy atom. The molecule has 0 spiro atoms. The summed E-state index contributed by atoms with van der Waals surface area (Å²) in [4.78, 5) is 40.5. The molecule has 0 aliphatic carbocycles. The van der Waals surface area contributed by atoms with Gasteiger partial charge < -0.3 is 24.2 Å². The van der Waals surface area contributed by atoms with E-state index in [1.54, 1.807) is 4.90 Å². The van der Waals surface area contributed by atoms with E-state index in [-0.39, 0.29) is 41.6 Å². The summed E-state index contributed by atoms with van der Waals surface area (Å²) in [6.45, 7) is 2.72. The smallest absolute Gasteiger partial charge is 0.355 e. The zero-order chi connectivity index (χ0) is 23.4. The Hall–Kier alpha value is -3.69. The highest BCUT2D eigenvalue weighted by atomic mass is 19.1. The fraction of sp³-hybridized carbons (Fsp3) is 0.318. The van der Waals surface area contributed by atoms with Gasteiger partial charge in [0, 0.05) is 51.4 Å². The Balaban J connectivity index is 2.01. The van der Waals surface area contributed by atoms with Gasteiger partial charge in [0.2, 0.25) is 5.91 Å². The number of hydrogen-bond donors (Lipinski definition) is 0. The van der Waals surface area contributed by atoms with E-state index in [2.05, 4.69) is 0 Å². The molecule has 2 aliphatic rings. The van der Waals surface area contributed by atoms with Crippen LogP contribution in [0.25, 0.3) is 0 Å². The Kier molecular flexibility index (Phi) is 6.92. The number of hydrogen-bond acceptors (Lipinski definition) is 7. The van der Waals surface area contributed by atoms with Gasteiger partial charge in [0.25, 0.3) is 0 Å². The van der Waals surface area contributed by atoms with E-state index in [1.807, 2.05) is 0 Å². The maximum absolute atomic E-state index is 15.1. The van der Waals surface area contributed by atoms with Crippen molar-refractivity contribution in [2.75, 3.05) is 50.2 Å². The van der Waals surface area contributed by atoms with Crippen LogP contribution in [0.15, 0.2) is 47.8 Å². The van der Waals surface area contributed by atoms with Crippen molar-refractivity contribution in [2.24, 2.45) is 0 Å². The number of rotatable bonds is 4. The summed E-state index contributed by atoms with van der Waals surface area (Å²) >= 11 is 0. The van der Waals surface area contributed by atoms with Crippen LogP contribution >= 0.6 is 0 Å². The summed E-state index contributed by atoms with van der Waals surface area (Å²) < 4.78 is 39.7. The summed E-state index contributed by atoms with van der Waals surface area (Å²) in [7, 11) is 2.28. The highest BCUT2D eigenvalue weighted by molar-refractivity contribution is 6.05. The van der Waals surface area contributed by atoms with Gasteiger partial charge in [-0.3, -0.25) is 4.79 Å². The molecule has 0 saturated carbocycles. The minimum Gasteiger partial charge on any atom is -0.465 e. The van der Waals surface area contributed by atoms with Crippen molar-refractivity contribution in [3.8, 4) is 0 Å². The molecule has 10 heteroatoms. The fourth-order valence-corrected chi connectivity index (χ4v) is 3.60. The molecule has 170 valence electrons. The molecular formula is C22H23F2N3O5. The second kappa shape index (κ2) is 9.63. The second-order valence-corrected chi connectivity index (χ2v) is 7.07. The first kappa shape index (κ1) is 23.0. The van der Waals surface area contributed by atoms with Crippen molar-refractivity contribution in [2.45, 2.75) is 6.92 Å². The lowest BCUT2D eigenvalue weighted by atomic mass is 10.1. The third-order valence-electron chi connectivity index (χ3n) is 5.21. The van der Waals surface area contributed by atoms with Crippen LogP contribution in [0.2, 0.25) is 0 Å². The average molecular weight is 447 g/mol. The highest BCUT2D eigenvalue weighted by Gasteiger charge is 2.30. The molecule has 32 heavy (non-hydrogen) atoms. The van der Waals surface area contributed by atoms with Crippen molar-refractivity contribution in [3.05, 3.63) is 59.5 Å². The molecule has 1 saturated heterocycles. The first-order valence-corrected chi connectivity index (χ1v) is 9.83. The number of ether oxygens (including phenoxy) is 2. The van der Waals surface area contributed by atoms with E-state index in [0.717, 1.165) is 26.4 Å². The maximum atomic E-state index is 15.1.